The molecule has 0 spiro atoms. The molecule has 0 aliphatic carbocycles. The summed E-state index contributed by atoms with van der Waals surface area (Å²) in [7, 11) is 0. The summed E-state index contributed by atoms with van der Waals surface area (Å²) >= 11 is 0. The van der Waals surface area contributed by atoms with Crippen LogP contribution < -0.4 is 10.2 Å². The number of hydrogen-bond acceptors (Lipinski definition) is 8. The van der Waals surface area contributed by atoms with E-state index >= 15 is 0 Å². The maximum absolute atomic E-state index is 11.3. The molecule has 4 atom stereocenters. The van der Waals surface area contributed by atoms with Crippen molar-refractivity contribution >= 4 is 46.4 Å². The third-order valence-electron chi connectivity index (χ3n) is 5.08. The van der Waals surface area contributed by atoms with Crippen LogP contribution in [0.25, 0.3) is 0 Å². The molecule has 0 aromatic heterocycles. The molecule has 156 valence electrons. The average molecular weight is 417 g/mol. The van der Waals surface area contributed by atoms with E-state index in [4.69, 9.17) is 0 Å². The second-order valence-corrected chi connectivity index (χ2v) is 7.16. The molecule has 0 radical (unpaired) electrons. The van der Waals surface area contributed by atoms with Crippen LogP contribution in [0.2, 0.25) is 0 Å². The monoisotopic (exact) mass is 416 g/mol. The van der Waals surface area contributed by atoms with Gasteiger partial charge in [-0.3, -0.25) is 19.6 Å². The molecule has 0 aromatic carbocycles. The Labute approximate surface area is 187 Å². The van der Waals surface area contributed by atoms with E-state index < -0.39 is 35.4 Å². The molecule has 2 aliphatic heterocycles. The van der Waals surface area contributed by atoms with E-state index in [1.54, 1.807) is 0 Å². The molecule has 0 amide bonds. The summed E-state index contributed by atoms with van der Waals surface area (Å²) in [6.07, 6.45) is 1.60. The first-order valence-electron chi connectivity index (χ1n) is 9.36. The van der Waals surface area contributed by atoms with Crippen molar-refractivity contribution in [2.45, 2.75) is 66.5 Å². The molecule has 4 unspecified atom stereocenters. The summed E-state index contributed by atoms with van der Waals surface area (Å²) in [5.74, 6) is -2.15. The van der Waals surface area contributed by atoms with E-state index in [-0.39, 0.29) is 57.6 Å². The van der Waals surface area contributed by atoms with Gasteiger partial charge in [-0.2, -0.15) is 0 Å². The van der Waals surface area contributed by atoms with Gasteiger partial charge in [0.2, 0.25) is 0 Å². The Kier molecular flexibility index (Phi) is 10.6. The van der Waals surface area contributed by atoms with Gasteiger partial charge in [0.05, 0.1) is 11.1 Å². The van der Waals surface area contributed by atoms with Crippen LogP contribution >= 0.6 is 0 Å². The molecule has 29 heavy (non-hydrogen) atoms. The van der Waals surface area contributed by atoms with Crippen LogP contribution in [0, 0.1) is 11.8 Å². The Morgan fingerprint density at radius 3 is 1.31 bits per heavy atom. The molecule has 9 heteroatoms. The van der Waals surface area contributed by atoms with Crippen LogP contribution in [0.4, 0.5) is 0 Å². The molecular weight excluding hydrogens is 389 g/mol. The molecule has 2 heterocycles. The fourth-order valence-corrected chi connectivity index (χ4v) is 2.92. The van der Waals surface area contributed by atoms with Crippen LogP contribution in [0.15, 0.2) is 32.6 Å². The van der Waals surface area contributed by atoms with E-state index in [2.05, 4.69) is 9.98 Å². The van der Waals surface area contributed by atoms with Gasteiger partial charge < -0.3 is 20.4 Å². The van der Waals surface area contributed by atoms with Gasteiger partial charge in [-0.25, -0.2) is 0 Å². The number of Topliss-reactive ketones (excluding diaryl/α,β-unsaturated/α-hetero) is 2. The number of hydrogen-bond donors (Lipinski definition) is 2. The molecule has 0 saturated carbocycles. The Hall–Kier alpha value is -1.87. The zero-order chi connectivity index (χ0) is 21.8. The average Bonchev–Trinajstić information content (AvgIpc) is 3.09. The number of nitrogens with zero attached hydrogens (tertiary/aromatic N) is 2. The summed E-state index contributed by atoms with van der Waals surface area (Å²) < 4.78 is 0. The Bertz CT molecular complexity index is 705. The number of aliphatic hydroxyl groups is 2. The predicted octanol–water partition coefficient (Wildman–Crippen LogP) is 0.768. The van der Waals surface area contributed by atoms with Crippen LogP contribution in [-0.2, 0) is 9.59 Å². The van der Waals surface area contributed by atoms with Crippen molar-refractivity contribution in [2.24, 2.45) is 21.8 Å². The van der Waals surface area contributed by atoms with Crippen LogP contribution in [0.3, 0.4) is 0 Å². The quantitative estimate of drug-likeness (QED) is 0.611. The smallest absolute Gasteiger partial charge is 0.858 e. The minimum absolute atomic E-state index is 0. The number of aliphatic imine (C=N–C) groups is 2. The van der Waals surface area contributed by atoms with Crippen molar-refractivity contribution in [2.75, 3.05) is 0 Å². The molecule has 0 bridgehead atoms. The van der Waals surface area contributed by atoms with Crippen LogP contribution in [0.5, 0.6) is 0 Å². The van der Waals surface area contributed by atoms with Gasteiger partial charge in [-0.1, -0.05) is 40.5 Å². The van der Waals surface area contributed by atoms with Gasteiger partial charge in [-0.05, 0) is 37.5 Å². The van der Waals surface area contributed by atoms with Crippen molar-refractivity contribution in [1.29, 1.82) is 0 Å². The molecule has 0 saturated heterocycles. The molecular formula is C20H28MgN2O6. The molecule has 2 aliphatic rings. The van der Waals surface area contributed by atoms with Gasteiger partial charge in [0.15, 0.2) is 11.6 Å². The van der Waals surface area contributed by atoms with Crippen molar-refractivity contribution in [3.05, 3.63) is 22.7 Å². The van der Waals surface area contributed by atoms with Crippen molar-refractivity contribution in [1.82, 2.24) is 0 Å². The predicted molar refractivity (Wildman–Crippen MR) is 108 cm³/mol. The number of ketones is 2. The number of aliphatic hydroxyl groups excluding tert-OH is 2. The number of carbonyl (C=O) groups is 2. The first kappa shape index (κ1) is 27.1. The van der Waals surface area contributed by atoms with Gasteiger partial charge in [-0.15, -0.1) is 0 Å². The number of rotatable bonds is 6. The van der Waals surface area contributed by atoms with E-state index in [0.717, 1.165) is 12.8 Å². The summed E-state index contributed by atoms with van der Waals surface area (Å²) in [5, 5.41) is 41.8. The first-order chi connectivity index (χ1) is 13.0. The van der Waals surface area contributed by atoms with Gasteiger partial charge in [0, 0.05) is 0 Å². The second kappa shape index (κ2) is 11.3. The normalized spacial score (nSPS) is 22.8. The molecule has 2 N–H and O–H groups in total. The molecule has 0 fully saturated rings. The van der Waals surface area contributed by atoms with E-state index in [1.807, 2.05) is 27.7 Å². The SMILES string of the molecule is CCC(C)C1N=C([O-])C(C(C)=O)=C1O.CCC(C)C1N=C([O-])C(C(C)=O)=C1O.[Mg+2]. The maximum atomic E-state index is 11.3. The Morgan fingerprint density at radius 2 is 1.14 bits per heavy atom. The van der Waals surface area contributed by atoms with Crippen LogP contribution in [-0.4, -0.2) is 68.7 Å². The summed E-state index contributed by atoms with van der Waals surface area (Å²) in [4.78, 5) is 29.6. The largest absolute Gasteiger partial charge is 2.00 e. The second-order valence-electron chi connectivity index (χ2n) is 7.16. The molecule has 2 rings (SSSR count). The van der Waals surface area contributed by atoms with E-state index in [1.165, 1.54) is 13.8 Å². The van der Waals surface area contributed by atoms with Gasteiger partial charge >= 0.3 is 23.1 Å². The van der Waals surface area contributed by atoms with Gasteiger partial charge in [0.25, 0.3) is 0 Å². The fraction of sp³-hybridized carbons (Fsp3) is 0.600. The standard InChI is InChI=1S/2C10H15NO3.Mg/c2*1-4-5(2)8-9(13)7(6(3)12)10(14)11-8;/h2*5,8,13H,4H2,1-3H3,(H,11,14);/q;;+2/p-2. The maximum Gasteiger partial charge on any atom is 2.00 e. The zero-order valence-corrected chi connectivity index (χ0v) is 19.3. The third kappa shape index (κ3) is 6.05. The Morgan fingerprint density at radius 1 is 0.862 bits per heavy atom. The fourth-order valence-electron chi connectivity index (χ4n) is 2.92. The third-order valence-corrected chi connectivity index (χ3v) is 5.08. The Balaban J connectivity index is 0.000000523. The van der Waals surface area contributed by atoms with Crippen molar-refractivity contribution < 1.29 is 30.0 Å². The van der Waals surface area contributed by atoms with Crippen molar-refractivity contribution in [3.63, 3.8) is 0 Å². The molecule has 0 aromatic rings. The first-order valence-corrected chi connectivity index (χ1v) is 9.36. The topological polar surface area (TPSA) is 145 Å². The van der Waals surface area contributed by atoms with Gasteiger partial charge in [0.1, 0.15) is 23.6 Å². The zero-order valence-electron chi connectivity index (χ0n) is 17.9. The van der Waals surface area contributed by atoms with E-state index in [9.17, 15) is 30.0 Å². The minimum Gasteiger partial charge on any atom is -0.858 e. The summed E-state index contributed by atoms with van der Waals surface area (Å²) in [5.41, 5.74) is -0.286. The van der Waals surface area contributed by atoms with E-state index in [0.29, 0.717) is 0 Å². The number of carbonyl (C=O) groups excluding carboxylic acids is 2. The van der Waals surface area contributed by atoms with Crippen molar-refractivity contribution in [3.8, 4) is 0 Å². The minimum atomic E-state index is -0.583. The summed E-state index contributed by atoms with van der Waals surface area (Å²) in [6.45, 7) is 10.2. The van der Waals surface area contributed by atoms with Crippen LogP contribution in [0.1, 0.15) is 54.4 Å². The molecule has 8 nitrogen and oxygen atoms in total. The summed E-state index contributed by atoms with van der Waals surface area (Å²) in [6, 6.07) is -1.04.